The highest BCUT2D eigenvalue weighted by Crippen LogP contribution is 2.40. The van der Waals surface area contributed by atoms with E-state index in [0.29, 0.717) is 20.8 Å². The molecule has 1 aromatic carbocycles. The minimum absolute atomic E-state index is 0.113. The lowest BCUT2D eigenvalue weighted by Crippen LogP contribution is -2.18. The Bertz CT molecular complexity index is 656. The summed E-state index contributed by atoms with van der Waals surface area (Å²) in [5.74, 6) is 1.46. The molecule has 1 aliphatic heterocycles. The molecule has 0 fully saturated rings. The van der Waals surface area contributed by atoms with E-state index in [1.54, 1.807) is 18.4 Å². The van der Waals surface area contributed by atoms with Gasteiger partial charge < -0.3 is 9.15 Å². The van der Waals surface area contributed by atoms with Gasteiger partial charge in [-0.15, -0.1) is 0 Å². The maximum atomic E-state index is 6.21. The summed E-state index contributed by atoms with van der Waals surface area (Å²) in [6.45, 7) is 1.69. The fourth-order valence-electron chi connectivity index (χ4n) is 2.46. The van der Waals surface area contributed by atoms with Crippen LogP contribution in [0.5, 0.6) is 5.75 Å². The molecule has 1 aliphatic rings. The topological polar surface area (TPSA) is 25.6 Å². The number of fused-ring (bicyclic) bond motifs is 1. The van der Waals surface area contributed by atoms with Crippen molar-refractivity contribution in [3.8, 4) is 5.75 Å². The van der Waals surface area contributed by atoms with E-state index in [-0.39, 0.29) is 6.10 Å². The van der Waals surface area contributed by atoms with Gasteiger partial charge in [0.15, 0.2) is 0 Å². The van der Waals surface area contributed by atoms with Crippen LogP contribution in [0, 0.1) is 0 Å². The molecule has 1 atom stereocenters. The zero-order chi connectivity index (χ0) is 15.0. The lowest BCUT2D eigenvalue weighted by atomic mass is 10.1. The lowest BCUT2D eigenvalue weighted by molar-refractivity contribution is 0.183. The summed E-state index contributed by atoms with van der Waals surface area (Å²) in [6, 6.07) is 5.37. The number of nitrogens with zero attached hydrogens (tertiary/aromatic N) is 1. The summed E-state index contributed by atoms with van der Waals surface area (Å²) < 4.78 is 11.6. The Morgan fingerprint density at radius 1 is 1.19 bits per heavy atom. The molecule has 0 spiro atoms. The average molecular weight is 347 g/mol. The van der Waals surface area contributed by atoms with E-state index in [9.17, 15) is 0 Å². The van der Waals surface area contributed by atoms with Gasteiger partial charge in [0, 0.05) is 18.5 Å². The van der Waals surface area contributed by atoms with Crippen LogP contribution in [0.25, 0.3) is 0 Å². The third-order valence-electron chi connectivity index (χ3n) is 3.58. The lowest BCUT2D eigenvalue weighted by Gasteiger charge is -2.19. The largest absolute Gasteiger partial charge is 0.484 e. The number of halogens is 3. The van der Waals surface area contributed by atoms with Crippen molar-refractivity contribution < 1.29 is 9.15 Å². The Morgan fingerprint density at radius 3 is 2.81 bits per heavy atom. The summed E-state index contributed by atoms with van der Waals surface area (Å²) in [5.41, 5.74) is 1.06. The van der Waals surface area contributed by atoms with Crippen LogP contribution in [-0.2, 0) is 6.54 Å². The average Bonchev–Trinajstić information content (AvgIpc) is 2.85. The van der Waals surface area contributed by atoms with Crippen LogP contribution in [0.4, 0.5) is 0 Å². The Kier molecular flexibility index (Phi) is 4.36. The smallest absolute Gasteiger partial charge is 0.140 e. The van der Waals surface area contributed by atoms with Crippen molar-refractivity contribution in [3.63, 3.8) is 0 Å². The van der Waals surface area contributed by atoms with E-state index in [0.717, 1.165) is 30.8 Å². The van der Waals surface area contributed by atoms with Crippen molar-refractivity contribution in [2.24, 2.45) is 0 Å². The van der Waals surface area contributed by atoms with E-state index in [1.807, 2.05) is 6.07 Å². The Labute approximate surface area is 138 Å². The highest BCUT2D eigenvalue weighted by atomic mass is 35.5. The third-order valence-corrected chi connectivity index (χ3v) is 4.86. The minimum atomic E-state index is -0.113. The SMILES string of the molecule is CN1CCC(Oc2ccc(Cl)c(Cl)c2Cl)c2ccoc2C1. The second-order valence-corrected chi connectivity index (χ2v) is 6.27. The number of ether oxygens (including phenoxy) is 1. The van der Waals surface area contributed by atoms with Gasteiger partial charge >= 0.3 is 0 Å². The maximum Gasteiger partial charge on any atom is 0.140 e. The normalized spacial score (nSPS) is 19.1. The first-order chi connectivity index (χ1) is 10.1. The second-order valence-electron chi connectivity index (χ2n) is 5.11. The molecule has 21 heavy (non-hydrogen) atoms. The molecule has 0 saturated carbocycles. The van der Waals surface area contributed by atoms with E-state index in [1.165, 1.54) is 0 Å². The molecule has 0 amide bonds. The molecule has 0 bridgehead atoms. The third kappa shape index (κ3) is 3.02. The number of furan rings is 1. The van der Waals surface area contributed by atoms with Crippen LogP contribution in [-0.4, -0.2) is 18.5 Å². The van der Waals surface area contributed by atoms with Crippen LogP contribution in [0.1, 0.15) is 23.8 Å². The highest BCUT2D eigenvalue weighted by Gasteiger charge is 2.25. The second kappa shape index (κ2) is 6.09. The van der Waals surface area contributed by atoms with Crippen LogP contribution >= 0.6 is 34.8 Å². The van der Waals surface area contributed by atoms with Crippen molar-refractivity contribution in [2.75, 3.05) is 13.6 Å². The molecular weight excluding hydrogens is 333 g/mol. The molecule has 0 aliphatic carbocycles. The van der Waals surface area contributed by atoms with Gasteiger partial charge in [0.1, 0.15) is 22.6 Å². The fourth-order valence-corrected chi connectivity index (χ4v) is 3.03. The zero-order valence-electron chi connectivity index (χ0n) is 11.4. The van der Waals surface area contributed by atoms with Gasteiger partial charge in [-0.25, -0.2) is 0 Å². The van der Waals surface area contributed by atoms with Gasteiger partial charge in [-0.05, 0) is 25.2 Å². The van der Waals surface area contributed by atoms with E-state index < -0.39 is 0 Å². The fraction of sp³-hybridized carbons (Fsp3) is 0.333. The first-order valence-corrected chi connectivity index (χ1v) is 7.74. The molecule has 6 heteroatoms. The summed E-state index contributed by atoms with van der Waals surface area (Å²) >= 11 is 18.2. The molecular formula is C15H14Cl3NO2. The minimum Gasteiger partial charge on any atom is -0.484 e. The standard InChI is InChI=1S/C15H14Cl3NO2/c1-19-6-4-11(9-5-7-20-13(9)8-19)21-12-3-2-10(16)14(17)15(12)18/h2-3,5,7,11H,4,6,8H2,1H3. The Balaban J connectivity index is 1.90. The van der Waals surface area contributed by atoms with Gasteiger partial charge in [-0.3, -0.25) is 4.90 Å². The van der Waals surface area contributed by atoms with Gasteiger partial charge in [0.05, 0.1) is 22.9 Å². The first kappa shape index (κ1) is 15.0. The van der Waals surface area contributed by atoms with Gasteiger partial charge in [0.2, 0.25) is 0 Å². The van der Waals surface area contributed by atoms with Crippen LogP contribution in [0.15, 0.2) is 28.9 Å². The van der Waals surface area contributed by atoms with Crippen LogP contribution < -0.4 is 4.74 Å². The molecule has 2 heterocycles. The molecule has 3 rings (SSSR count). The summed E-state index contributed by atoms with van der Waals surface area (Å²) in [6.07, 6.45) is 2.43. The van der Waals surface area contributed by atoms with Crippen molar-refractivity contribution in [1.29, 1.82) is 0 Å². The zero-order valence-corrected chi connectivity index (χ0v) is 13.7. The predicted molar refractivity (Wildman–Crippen MR) is 84.5 cm³/mol. The predicted octanol–water partition coefficient (Wildman–Crippen LogP) is 5.20. The van der Waals surface area contributed by atoms with E-state index in [4.69, 9.17) is 44.0 Å². The highest BCUT2D eigenvalue weighted by molar-refractivity contribution is 6.48. The molecule has 0 N–H and O–H groups in total. The number of hydrogen-bond acceptors (Lipinski definition) is 3. The maximum absolute atomic E-state index is 6.21. The number of hydrogen-bond donors (Lipinski definition) is 0. The number of rotatable bonds is 2. The molecule has 0 saturated heterocycles. The molecule has 1 aromatic heterocycles. The molecule has 112 valence electrons. The van der Waals surface area contributed by atoms with Gasteiger partial charge in [-0.2, -0.15) is 0 Å². The van der Waals surface area contributed by atoms with Gasteiger partial charge in [-0.1, -0.05) is 34.8 Å². The molecule has 3 nitrogen and oxygen atoms in total. The van der Waals surface area contributed by atoms with E-state index >= 15 is 0 Å². The summed E-state index contributed by atoms with van der Waals surface area (Å²) in [5, 5.41) is 1.07. The Morgan fingerprint density at radius 2 is 2.00 bits per heavy atom. The summed E-state index contributed by atoms with van der Waals surface area (Å²) in [7, 11) is 2.06. The number of benzene rings is 1. The monoisotopic (exact) mass is 345 g/mol. The van der Waals surface area contributed by atoms with Crippen LogP contribution in [0.3, 0.4) is 0 Å². The first-order valence-electron chi connectivity index (χ1n) is 6.61. The van der Waals surface area contributed by atoms with E-state index in [2.05, 4.69) is 11.9 Å². The molecule has 0 radical (unpaired) electrons. The molecule has 1 unspecified atom stereocenters. The van der Waals surface area contributed by atoms with Gasteiger partial charge in [0.25, 0.3) is 0 Å². The Hall–Kier alpha value is -0.870. The quantitative estimate of drug-likeness (QED) is 0.699. The van der Waals surface area contributed by atoms with Crippen molar-refractivity contribution in [3.05, 3.63) is 50.9 Å². The van der Waals surface area contributed by atoms with Crippen molar-refractivity contribution in [2.45, 2.75) is 19.1 Å². The van der Waals surface area contributed by atoms with Crippen LogP contribution in [0.2, 0.25) is 15.1 Å². The summed E-state index contributed by atoms with van der Waals surface area (Å²) in [4.78, 5) is 2.20. The molecule has 2 aromatic rings. The van der Waals surface area contributed by atoms with Crippen molar-refractivity contribution >= 4 is 34.8 Å². The van der Waals surface area contributed by atoms with Crippen molar-refractivity contribution in [1.82, 2.24) is 4.90 Å².